The average molecular weight is 243 g/mol. The highest BCUT2D eigenvalue weighted by Crippen LogP contribution is 2.21. The van der Waals surface area contributed by atoms with Gasteiger partial charge in [-0.3, -0.25) is 9.36 Å². The SMILES string of the molecule is CN1Cc2cn(C)c(=O)n2-c2ccccc2C1=O. The molecule has 0 N–H and O–H groups in total. The van der Waals surface area contributed by atoms with Crippen LogP contribution in [-0.2, 0) is 13.6 Å². The summed E-state index contributed by atoms with van der Waals surface area (Å²) in [6.07, 6.45) is 1.77. The lowest BCUT2D eigenvalue weighted by molar-refractivity contribution is 0.0788. The number of para-hydroxylation sites is 1. The fourth-order valence-corrected chi connectivity index (χ4v) is 2.36. The van der Waals surface area contributed by atoms with E-state index in [1.807, 2.05) is 12.1 Å². The first-order valence-corrected chi connectivity index (χ1v) is 5.71. The van der Waals surface area contributed by atoms with Gasteiger partial charge in [0.1, 0.15) is 0 Å². The van der Waals surface area contributed by atoms with Crippen molar-refractivity contribution in [3.8, 4) is 5.69 Å². The van der Waals surface area contributed by atoms with E-state index in [-0.39, 0.29) is 11.6 Å². The van der Waals surface area contributed by atoms with Crippen molar-refractivity contribution in [3.63, 3.8) is 0 Å². The van der Waals surface area contributed by atoms with Gasteiger partial charge < -0.3 is 9.47 Å². The first-order chi connectivity index (χ1) is 8.59. The van der Waals surface area contributed by atoms with Crippen LogP contribution in [0.2, 0.25) is 0 Å². The molecular formula is C13H13N3O2. The van der Waals surface area contributed by atoms with Crippen LogP contribution in [-0.4, -0.2) is 27.0 Å². The Morgan fingerprint density at radius 1 is 1.11 bits per heavy atom. The van der Waals surface area contributed by atoms with Crippen LogP contribution in [0.3, 0.4) is 0 Å². The van der Waals surface area contributed by atoms with Crippen molar-refractivity contribution < 1.29 is 4.79 Å². The summed E-state index contributed by atoms with van der Waals surface area (Å²) >= 11 is 0. The summed E-state index contributed by atoms with van der Waals surface area (Å²) in [7, 11) is 3.46. The molecule has 0 bridgehead atoms. The second-order valence-corrected chi connectivity index (χ2v) is 4.53. The van der Waals surface area contributed by atoms with E-state index in [9.17, 15) is 9.59 Å². The van der Waals surface area contributed by atoms with Gasteiger partial charge in [-0.1, -0.05) is 12.1 Å². The predicted molar refractivity (Wildman–Crippen MR) is 66.8 cm³/mol. The van der Waals surface area contributed by atoms with Gasteiger partial charge in [-0.05, 0) is 12.1 Å². The van der Waals surface area contributed by atoms with Gasteiger partial charge in [0.2, 0.25) is 0 Å². The smallest absolute Gasteiger partial charge is 0.332 e. The zero-order chi connectivity index (χ0) is 12.9. The zero-order valence-electron chi connectivity index (χ0n) is 10.3. The Bertz CT molecular complexity index is 697. The van der Waals surface area contributed by atoms with E-state index >= 15 is 0 Å². The van der Waals surface area contributed by atoms with Gasteiger partial charge in [0.05, 0.1) is 23.5 Å². The Morgan fingerprint density at radius 3 is 2.61 bits per heavy atom. The molecule has 0 saturated carbocycles. The number of benzene rings is 1. The number of amides is 1. The number of carbonyl (C=O) groups excluding carboxylic acids is 1. The van der Waals surface area contributed by atoms with Crippen molar-refractivity contribution in [3.05, 3.63) is 52.2 Å². The Balaban J connectivity index is 2.41. The first kappa shape index (κ1) is 10.8. The number of fused-ring (bicyclic) bond motifs is 3. The lowest BCUT2D eigenvalue weighted by Crippen LogP contribution is -2.25. The molecule has 18 heavy (non-hydrogen) atoms. The van der Waals surface area contributed by atoms with Crippen LogP contribution in [0.1, 0.15) is 16.1 Å². The maximum absolute atomic E-state index is 12.2. The van der Waals surface area contributed by atoms with Gasteiger partial charge >= 0.3 is 5.69 Å². The van der Waals surface area contributed by atoms with Crippen molar-refractivity contribution >= 4 is 5.91 Å². The monoisotopic (exact) mass is 243 g/mol. The molecular weight excluding hydrogens is 230 g/mol. The molecule has 5 heteroatoms. The molecule has 0 radical (unpaired) electrons. The standard InChI is InChI=1S/C13H13N3O2/c1-14-7-9-8-15(2)13(18)16(9)11-6-4-3-5-10(11)12(14)17/h3-6,8H,7H2,1-2H3. The quantitative estimate of drug-likeness (QED) is 0.686. The summed E-state index contributed by atoms with van der Waals surface area (Å²) in [5.74, 6) is -0.0589. The number of aromatic nitrogens is 2. The molecule has 0 saturated heterocycles. The highest BCUT2D eigenvalue weighted by Gasteiger charge is 2.25. The summed E-state index contributed by atoms with van der Waals surface area (Å²) in [5, 5.41) is 0. The van der Waals surface area contributed by atoms with Crippen molar-refractivity contribution in [1.29, 1.82) is 0 Å². The van der Waals surface area contributed by atoms with E-state index in [0.29, 0.717) is 17.8 Å². The van der Waals surface area contributed by atoms with E-state index < -0.39 is 0 Å². The number of aryl methyl sites for hydroxylation is 1. The third-order valence-corrected chi connectivity index (χ3v) is 3.24. The molecule has 5 nitrogen and oxygen atoms in total. The third-order valence-electron chi connectivity index (χ3n) is 3.24. The molecule has 0 spiro atoms. The minimum absolute atomic E-state index is 0.0589. The highest BCUT2D eigenvalue weighted by atomic mass is 16.2. The number of rotatable bonds is 0. The van der Waals surface area contributed by atoms with Gasteiger partial charge in [0, 0.05) is 20.3 Å². The Labute approximate surface area is 104 Å². The molecule has 0 atom stereocenters. The number of hydrogen-bond donors (Lipinski definition) is 0. The molecule has 0 unspecified atom stereocenters. The van der Waals surface area contributed by atoms with Gasteiger partial charge in [-0.2, -0.15) is 0 Å². The maximum Gasteiger partial charge on any atom is 0.332 e. The number of carbonyl (C=O) groups is 1. The summed E-state index contributed by atoms with van der Waals surface area (Å²) in [6.45, 7) is 0.434. The summed E-state index contributed by atoms with van der Waals surface area (Å²) in [5.41, 5.74) is 1.92. The van der Waals surface area contributed by atoms with Crippen LogP contribution in [0.4, 0.5) is 0 Å². The van der Waals surface area contributed by atoms with E-state index in [4.69, 9.17) is 0 Å². The Morgan fingerprint density at radius 2 is 1.83 bits per heavy atom. The van der Waals surface area contributed by atoms with Gasteiger partial charge in [-0.15, -0.1) is 0 Å². The molecule has 3 rings (SSSR count). The molecule has 1 aromatic heterocycles. The molecule has 92 valence electrons. The minimum atomic E-state index is -0.124. The van der Waals surface area contributed by atoms with Crippen molar-refractivity contribution in [2.45, 2.75) is 6.54 Å². The molecule has 2 heterocycles. The summed E-state index contributed by atoms with van der Waals surface area (Å²) < 4.78 is 3.15. The number of hydrogen-bond acceptors (Lipinski definition) is 2. The van der Waals surface area contributed by atoms with Gasteiger partial charge in [0.15, 0.2) is 0 Å². The first-order valence-electron chi connectivity index (χ1n) is 5.71. The van der Waals surface area contributed by atoms with E-state index in [0.717, 1.165) is 5.69 Å². The van der Waals surface area contributed by atoms with Crippen LogP contribution < -0.4 is 5.69 Å². The average Bonchev–Trinajstić information content (AvgIpc) is 2.58. The molecule has 0 aliphatic carbocycles. The van der Waals surface area contributed by atoms with Crippen molar-refractivity contribution in [1.82, 2.24) is 14.0 Å². The van der Waals surface area contributed by atoms with Crippen molar-refractivity contribution in [2.24, 2.45) is 7.05 Å². The highest BCUT2D eigenvalue weighted by molar-refractivity contribution is 5.98. The van der Waals surface area contributed by atoms with Gasteiger partial charge in [-0.25, -0.2) is 4.79 Å². The number of nitrogens with zero attached hydrogens (tertiary/aromatic N) is 3. The van der Waals surface area contributed by atoms with E-state index in [1.54, 1.807) is 41.9 Å². The summed E-state index contributed by atoms with van der Waals surface area (Å²) in [6, 6.07) is 7.20. The van der Waals surface area contributed by atoms with Crippen molar-refractivity contribution in [2.75, 3.05) is 7.05 Å². The van der Waals surface area contributed by atoms with E-state index in [1.165, 1.54) is 4.57 Å². The molecule has 1 aliphatic heterocycles. The van der Waals surface area contributed by atoms with Gasteiger partial charge in [0.25, 0.3) is 5.91 Å². The van der Waals surface area contributed by atoms with Crippen LogP contribution in [0.15, 0.2) is 35.3 Å². The molecule has 0 fully saturated rings. The molecule has 1 aliphatic rings. The lowest BCUT2D eigenvalue weighted by atomic mass is 10.1. The molecule has 1 amide bonds. The maximum atomic E-state index is 12.2. The van der Waals surface area contributed by atoms with Crippen LogP contribution in [0, 0.1) is 0 Å². The molecule has 2 aromatic rings. The summed E-state index contributed by atoms with van der Waals surface area (Å²) in [4.78, 5) is 26.0. The topological polar surface area (TPSA) is 47.2 Å². The Kier molecular flexibility index (Phi) is 2.16. The largest absolute Gasteiger partial charge is 0.336 e. The predicted octanol–water partition coefficient (Wildman–Crippen LogP) is 0.762. The van der Waals surface area contributed by atoms with Crippen LogP contribution in [0.25, 0.3) is 5.69 Å². The fourth-order valence-electron chi connectivity index (χ4n) is 2.36. The second-order valence-electron chi connectivity index (χ2n) is 4.53. The van der Waals surface area contributed by atoms with E-state index in [2.05, 4.69) is 0 Å². The minimum Gasteiger partial charge on any atom is -0.336 e. The third kappa shape index (κ3) is 1.33. The zero-order valence-corrected chi connectivity index (χ0v) is 10.3. The van der Waals surface area contributed by atoms with Crippen LogP contribution in [0.5, 0.6) is 0 Å². The number of imidazole rings is 1. The lowest BCUT2D eigenvalue weighted by Gasteiger charge is -2.13. The Hall–Kier alpha value is -2.30. The van der Waals surface area contributed by atoms with Crippen LogP contribution >= 0.6 is 0 Å². The molecule has 1 aromatic carbocycles. The fraction of sp³-hybridized carbons (Fsp3) is 0.231. The normalized spacial score (nSPS) is 14.1. The second kappa shape index (κ2) is 3.60.